The maximum atomic E-state index is 12.3. The Morgan fingerprint density at radius 3 is 2.69 bits per heavy atom. The lowest BCUT2D eigenvalue weighted by Crippen LogP contribution is -2.28. The molecule has 0 aromatic heterocycles. The highest BCUT2D eigenvalue weighted by Crippen LogP contribution is 2.37. The van der Waals surface area contributed by atoms with Gasteiger partial charge in [0.05, 0.1) is 7.11 Å². The lowest BCUT2D eigenvalue weighted by atomic mass is 9.72. The van der Waals surface area contributed by atoms with E-state index in [1.165, 1.54) is 18.2 Å². The van der Waals surface area contributed by atoms with Gasteiger partial charge in [-0.1, -0.05) is 32.5 Å². The van der Waals surface area contributed by atoms with E-state index in [4.69, 9.17) is 4.74 Å². The van der Waals surface area contributed by atoms with Crippen molar-refractivity contribution in [3.63, 3.8) is 0 Å². The molecular formula is C21H28N4O3S. The molecule has 2 atom stereocenters. The average Bonchev–Trinajstić information content (AvgIpc) is 2.98. The highest BCUT2D eigenvalue weighted by molar-refractivity contribution is 8.15. The van der Waals surface area contributed by atoms with Crippen molar-refractivity contribution in [1.29, 1.82) is 0 Å². The molecule has 2 unspecified atom stereocenters. The Kier molecular flexibility index (Phi) is 6.62. The van der Waals surface area contributed by atoms with Crippen LogP contribution in [-0.4, -0.2) is 35.1 Å². The molecule has 2 amide bonds. The predicted octanol–water partition coefficient (Wildman–Crippen LogP) is 3.81. The van der Waals surface area contributed by atoms with Gasteiger partial charge in [0.15, 0.2) is 5.17 Å². The van der Waals surface area contributed by atoms with Gasteiger partial charge in [0.2, 0.25) is 11.8 Å². The Labute approximate surface area is 175 Å². The second kappa shape index (κ2) is 8.98. The van der Waals surface area contributed by atoms with Crippen molar-refractivity contribution in [3.05, 3.63) is 24.3 Å². The summed E-state index contributed by atoms with van der Waals surface area (Å²) in [7, 11) is 1.59. The minimum Gasteiger partial charge on any atom is -0.497 e. The summed E-state index contributed by atoms with van der Waals surface area (Å²) in [5.74, 6) is 0.860. The molecule has 1 aliphatic carbocycles. The molecule has 1 aliphatic heterocycles. The summed E-state index contributed by atoms with van der Waals surface area (Å²) >= 11 is 1.25. The SMILES string of the molecule is COc1ccc(NC(=O)CC2S/C(=N/N=C3\CC(C)CC(C)(C)C3)NC2=O)cc1. The minimum atomic E-state index is -0.506. The summed E-state index contributed by atoms with van der Waals surface area (Å²) in [5.41, 5.74) is 1.95. The van der Waals surface area contributed by atoms with Crippen LogP contribution in [0.15, 0.2) is 34.5 Å². The first-order chi connectivity index (χ1) is 13.7. The molecule has 29 heavy (non-hydrogen) atoms. The van der Waals surface area contributed by atoms with Gasteiger partial charge in [-0.3, -0.25) is 9.59 Å². The second-order valence-corrected chi connectivity index (χ2v) is 9.69. The van der Waals surface area contributed by atoms with E-state index in [-0.39, 0.29) is 23.7 Å². The number of amidine groups is 1. The number of carbonyl (C=O) groups excluding carboxylic acids is 2. The number of carbonyl (C=O) groups is 2. The quantitative estimate of drug-likeness (QED) is 0.714. The number of ether oxygens (including phenoxy) is 1. The minimum absolute atomic E-state index is 0.0716. The summed E-state index contributed by atoms with van der Waals surface area (Å²) in [5, 5.41) is 14.1. The van der Waals surface area contributed by atoms with Gasteiger partial charge in [-0.05, 0) is 54.9 Å². The number of hydrogen-bond acceptors (Lipinski definition) is 6. The first-order valence-electron chi connectivity index (χ1n) is 9.79. The third-order valence-electron chi connectivity index (χ3n) is 4.97. The molecule has 0 bridgehead atoms. The van der Waals surface area contributed by atoms with Gasteiger partial charge in [-0.25, -0.2) is 0 Å². The van der Waals surface area contributed by atoms with Gasteiger partial charge in [-0.15, -0.1) is 5.10 Å². The summed E-state index contributed by atoms with van der Waals surface area (Å²) in [6, 6.07) is 7.05. The number of nitrogens with one attached hydrogen (secondary N) is 2. The van der Waals surface area contributed by atoms with E-state index in [9.17, 15) is 9.59 Å². The van der Waals surface area contributed by atoms with Crippen LogP contribution in [-0.2, 0) is 9.59 Å². The van der Waals surface area contributed by atoms with Gasteiger partial charge in [0, 0.05) is 17.8 Å². The number of benzene rings is 1. The van der Waals surface area contributed by atoms with Crippen LogP contribution < -0.4 is 15.4 Å². The van der Waals surface area contributed by atoms with Crippen LogP contribution in [0.5, 0.6) is 5.75 Å². The van der Waals surface area contributed by atoms with E-state index in [0.29, 0.717) is 22.5 Å². The van der Waals surface area contributed by atoms with Crippen LogP contribution in [0.3, 0.4) is 0 Å². The molecule has 1 aromatic rings. The van der Waals surface area contributed by atoms with Crippen LogP contribution in [0.2, 0.25) is 0 Å². The Bertz CT molecular complexity index is 833. The zero-order valence-corrected chi connectivity index (χ0v) is 18.1. The van der Waals surface area contributed by atoms with Crippen LogP contribution >= 0.6 is 11.8 Å². The highest BCUT2D eigenvalue weighted by Gasteiger charge is 2.33. The van der Waals surface area contributed by atoms with Crippen LogP contribution in [0.4, 0.5) is 5.69 Å². The van der Waals surface area contributed by atoms with Crippen LogP contribution in [0.25, 0.3) is 0 Å². The number of anilines is 1. The van der Waals surface area contributed by atoms with Gasteiger partial charge in [0.1, 0.15) is 11.0 Å². The summed E-state index contributed by atoms with van der Waals surface area (Å²) < 4.78 is 5.10. The third kappa shape index (κ3) is 6.06. The Morgan fingerprint density at radius 2 is 2.03 bits per heavy atom. The maximum absolute atomic E-state index is 12.3. The molecule has 1 saturated carbocycles. The largest absolute Gasteiger partial charge is 0.497 e. The Hall–Kier alpha value is -2.35. The molecular weight excluding hydrogens is 388 g/mol. The standard InChI is InChI=1S/C21H28N4O3S/c1-13-9-15(12-21(2,3)11-13)24-25-20-23-19(27)17(29-20)10-18(26)22-14-5-7-16(28-4)8-6-14/h5-8,13,17H,9-12H2,1-4H3,(H,22,26)(H,23,25,27)/b24-15+. The summed E-state index contributed by atoms with van der Waals surface area (Å²) in [6.07, 6.45) is 3.11. The molecule has 0 spiro atoms. The number of nitrogens with zero attached hydrogens (tertiary/aromatic N) is 2. The van der Waals surface area contributed by atoms with E-state index < -0.39 is 5.25 Å². The Morgan fingerprint density at radius 1 is 1.31 bits per heavy atom. The van der Waals surface area contributed by atoms with Crippen molar-refractivity contribution >= 4 is 40.1 Å². The van der Waals surface area contributed by atoms with Crippen LogP contribution in [0.1, 0.15) is 46.5 Å². The van der Waals surface area contributed by atoms with E-state index in [0.717, 1.165) is 18.6 Å². The van der Waals surface area contributed by atoms with Gasteiger partial charge >= 0.3 is 0 Å². The number of amides is 2. The van der Waals surface area contributed by atoms with Gasteiger partial charge < -0.3 is 15.4 Å². The topological polar surface area (TPSA) is 92.2 Å². The number of thioether (sulfide) groups is 1. The van der Waals surface area contributed by atoms with Crippen LogP contribution in [0, 0.1) is 11.3 Å². The van der Waals surface area contributed by atoms with E-state index in [2.05, 4.69) is 41.6 Å². The van der Waals surface area contributed by atoms with Crippen molar-refractivity contribution in [2.75, 3.05) is 12.4 Å². The molecule has 1 saturated heterocycles. The molecule has 7 nitrogen and oxygen atoms in total. The predicted molar refractivity (Wildman–Crippen MR) is 117 cm³/mol. The number of rotatable bonds is 5. The molecule has 156 valence electrons. The molecule has 1 heterocycles. The fraction of sp³-hybridized carbons (Fsp3) is 0.524. The summed E-state index contributed by atoms with van der Waals surface area (Å²) in [4.78, 5) is 24.5. The van der Waals surface area contributed by atoms with E-state index in [1.807, 2.05) is 0 Å². The third-order valence-corrected chi connectivity index (χ3v) is 6.04. The zero-order chi connectivity index (χ0) is 21.0. The molecule has 3 rings (SSSR count). The van der Waals surface area contributed by atoms with Crippen molar-refractivity contribution < 1.29 is 14.3 Å². The van der Waals surface area contributed by atoms with Gasteiger partial charge in [0.25, 0.3) is 0 Å². The van der Waals surface area contributed by atoms with Crippen molar-refractivity contribution in [3.8, 4) is 5.75 Å². The highest BCUT2D eigenvalue weighted by atomic mass is 32.2. The molecule has 1 aromatic carbocycles. The van der Waals surface area contributed by atoms with Crippen molar-refractivity contribution in [2.24, 2.45) is 21.5 Å². The second-order valence-electron chi connectivity index (χ2n) is 8.50. The smallest absolute Gasteiger partial charge is 0.240 e. The first kappa shape index (κ1) is 21.4. The van der Waals surface area contributed by atoms with Crippen molar-refractivity contribution in [1.82, 2.24) is 5.32 Å². The van der Waals surface area contributed by atoms with Gasteiger partial charge in [-0.2, -0.15) is 5.10 Å². The normalized spacial score (nSPS) is 26.4. The molecule has 8 heteroatoms. The molecule has 2 N–H and O–H groups in total. The lowest BCUT2D eigenvalue weighted by Gasteiger charge is -2.34. The molecule has 0 radical (unpaired) electrons. The van der Waals surface area contributed by atoms with E-state index >= 15 is 0 Å². The zero-order valence-electron chi connectivity index (χ0n) is 17.3. The number of hydrogen-bond donors (Lipinski definition) is 2. The number of methoxy groups -OCH3 is 1. The Balaban J connectivity index is 1.56. The first-order valence-corrected chi connectivity index (χ1v) is 10.7. The van der Waals surface area contributed by atoms with Crippen molar-refractivity contribution in [2.45, 2.75) is 51.7 Å². The summed E-state index contributed by atoms with van der Waals surface area (Å²) in [6.45, 7) is 6.72. The monoisotopic (exact) mass is 416 g/mol. The fourth-order valence-electron chi connectivity index (χ4n) is 3.95. The lowest BCUT2D eigenvalue weighted by molar-refractivity contribution is -0.122. The molecule has 2 fully saturated rings. The maximum Gasteiger partial charge on any atom is 0.240 e. The average molecular weight is 417 g/mol. The molecule has 2 aliphatic rings. The van der Waals surface area contributed by atoms with E-state index in [1.54, 1.807) is 31.4 Å². The fourth-order valence-corrected chi connectivity index (χ4v) is 4.87.